The van der Waals surface area contributed by atoms with Crippen molar-refractivity contribution in [3.8, 4) is 5.75 Å². The number of hydrazone groups is 1. The number of amides is 1. The van der Waals surface area contributed by atoms with Crippen LogP contribution in [0.15, 0.2) is 27.8 Å². The highest BCUT2D eigenvalue weighted by atomic mass is 79.9. The number of carbonyl (C=O) groups is 1. The number of hydrogen-bond acceptors (Lipinski definition) is 3. The van der Waals surface area contributed by atoms with Gasteiger partial charge in [0.15, 0.2) is 6.61 Å². The molecule has 0 saturated heterocycles. The summed E-state index contributed by atoms with van der Waals surface area (Å²) in [7, 11) is 0. The number of nitrogens with one attached hydrogen (secondary N) is 1. The van der Waals surface area contributed by atoms with Crippen molar-refractivity contribution in [1.82, 2.24) is 5.43 Å². The first kappa shape index (κ1) is 17.7. The molecule has 0 radical (unpaired) electrons. The SMILES string of the molecule is CCCC/C(CC)=N/NC(=O)COc1ccc(Br)c(C)c1. The summed E-state index contributed by atoms with van der Waals surface area (Å²) >= 11 is 3.43. The van der Waals surface area contributed by atoms with Gasteiger partial charge >= 0.3 is 0 Å². The van der Waals surface area contributed by atoms with Gasteiger partial charge in [0.25, 0.3) is 5.91 Å². The van der Waals surface area contributed by atoms with Crippen LogP contribution in [0.2, 0.25) is 0 Å². The zero-order chi connectivity index (χ0) is 15.7. The summed E-state index contributed by atoms with van der Waals surface area (Å²) in [6, 6.07) is 5.62. The molecular weight excluding hydrogens is 332 g/mol. The molecule has 0 fully saturated rings. The van der Waals surface area contributed by atoms with Crippen LogP contribution in [-0.4, -0.2) is 18.2 Å². The summed E-state index contributed by atoms with van der Waals surface area (Å²) in [6.07, 6.45) is 4.00. The predicted octanol–water partition coefficient (Wildman–Crippen LogP) is 4.21. The first-order chi connectivity index (χ1) is 10.1. The Bertz CT molecular complexity index is 501. The zero-order valence-electron chi connectivity index (χ0n) is 12.9. The predicted molar refractivity (Wildman–Crippen MR) is 89.8 cm³/mol. The third-order valence-electron chi connectivity index (χ3n) is 3.07. The summed E-state index contributed by atoms with van der Waals surface area (Å²) in [5.41, 5.74) is 4.64. The average Bonchev–Trinajstić information content (AvgIpc) is 2.48. The number of halogens is 1. The Hall–Kier alpha value is -1.36. The molecule has 0 aromatic heterocycles. The summed E-state index contributed by atoms with van der Waals surface area (Å²) < 4.78 is 6.47. The summed E-state index contributed by atoms with van der Waals surface area (Å²) in [6.45, 7) is 6.12. The lowest BCUT2D eigenvalue weighted by Crippen LogP contribution is -2.25. The first-order valence-corrected chi connectivity index (χ1v) is 8.09. The molecule has 0 aliphatic carbocycles. The van der Waals surface area contributed by atoms with E-state index in [1.807, 2.05) is 32.0 Å². The molecule has 21 heavy (non-hydrogen) atoms. The van der Waals surface area contributed by atoms with E-state index in [4.69, 9.17) is 4.74 Å². The topological polar surface area (TPSA) is 50.7 Å². The van der Waals surface area contributed by atoms with Crippen LogP contribution in [0.3, 0.4) is 0 Å². The van der Waals surface area contributed by atoms with E-state index in [1.165, 1.54) is 0 Å². The van der Waals surface area contributed by atoms with E-state index >= 15 is 0 Å². The van der Waals surface area contributed by atoms with Crippen molar-refractivity contribution in [1.29, 1.82) is 0 Å². The molecule has 0 aliphatic heterocycles. The van der Waals surface area contributed by atoms with Gasteiger partial charge in [-0.25, -0.2) is 5.43 Å². The number of ether oxygens (including phenoxy) is 1. The molecule has 0 heterocycles. The van der Waals surface area contributed by atoms with Crippen molar-refractivity contribution in [3.05, 3.63) is 28.2 Å². The van der Waals surface area contributed by atoms with Gasteiger partial charge in [-0.3, -0.25) is 4.79 Å². The van der Waals surface area contributed by atoms with Gasteiger partial charge in [-0.05, 0) is 49.9 Å². The third-order valence-corrected chi connectivity index (χ3v) is 3.95. The van der Waals surface area contributed by atoms with Crippen molar-refractivity contribution >= 4 is 27.5 Å². The molecule has 0 unspecified atom stereocenters. The molecule has 5 heteroatoms. The third kappa shape index (κ3) is 6.76. The van der Waals surface area contributed by atoms with Crippen molar-refractivity contribution in [3.63, 3.8) is 0 Å². The summed E-state index contributed by atoms with van der Waals surface area (Å²) in [4.78, 5) is 11.7. The van der Waals surface area contributed by atoms with Crippen LogP contribution in [0.5, 0.6) is 5.75 Å². The van der Waals surface area contributed by atoms with Crippen LogP contribution in [0.1, 0.15) is 45.1 Å². The van der Waals surface area contributed by atoms with Gasteiger partial charge in [0, 0.05) is 10.2 Å². The van der Waals surface area contributed by atoms with E-state index in [9.17, 15) is 4.79 Å². The van der Waals surface area contributed by atoms with Gasteiger partial charge in [-0.2, -0.15) is 5.10 Å². The van der Waals surface area contributed by atoms with Crippen LogP contribution < -0.4 is 10.2 Å². The van der Waals surface area contributed by atoms with Gasteiger partial charge in [0.1, 0.15) is 5.75 Å². The number of unbranched alkanes of at least 4 members (excludes halogenated alkanes) is 1. The van der Waals surface area contributed by atoms with Crippen LogP contribution in [0, 0.1) is 6.92 Å². The first-order valence-electron chi connectivity index (χ1n) is 7.30. The van der Waals surface area contributed by atoms with Crippen LogP contribution in [0.4, 0.5) is 0 Å². The van der Waals surface area contributed by atoms with Gasteiger partial charge < -0.3 is 4.74 Å². The number of carbonyl (C=O) groups excluding carboxylic acids is 1. The number of hydrogen-bond donors (Lipinski definition) is 1. The lowest BCUT2D eigenvalue weighted by atomic mass is 10.1. The van der Waals surface area contributed by atoms with E-state index in [-0.39, 0.29) is 12.5 Å². The van der Waals surface area contributed by atoms with Gasteiger partial charge in [0.05, 0.1) is 0 Å². The monoisotopic (exact) mass is 354 g/mol. The number of benzene rings is 1. The maximum absolute atomic E-state index is 11.7. The Morgan fingerprint density at radius 3 is 2.76 bits per heavy atom. The molecule has 0 spiro atoms. The Morgan fingerprint density at radius 1 is 1.38 bits per heavy atom. The lowest BCUT2D eigenvalue weighted by Gasteiger charge is -2.08. The molecule has 0 atom stereocenters. The minimum Gasteiger partial charge on any atom is -0.484 e. The molecule has 1 rings (SSSR count). The Kier molecular flexibility index (Phi) is 8.05. The number of aryl methyl sites for hydroxylation is 1. The van der Waals surface area contributed by atoms with Gasteiger partial charge in [0.2, 0.25) is 0 Å². The van der Waals surface area contributed by atoms with Crippen LogP contribution >= 0.6 is 15.9 Å². The van der Waals surface area contributed by atoms with Gasteiger partial charge in [-0.15, -0.1) is 0 Å². The number of nitrogens with zero attached hydrogens (tertiary/aromatic N) is 1. The standard InChI is InChI=1S/C16H23BrN2O2/c1-4-6-7-13(5-2)18-19-16(20)11-21-14-8-9-15(17)12(3)10-14/h8-10H,4-7,11H2,1-3H3,(H,19,20)/b18-13+. The molecular formula is C16H23BrN2O2. The normalized spacial score (nSPS) is 11.3. The molecule has 0 bridgehead atoms. The maximum Gasteiger partial charge on any atom is 0.277 e. The van der Waals surface area contributed by atoms with Crippen molar-refractivity contribution in [2.75, 3.05) is 6.61 Å². The zero-order valence-corrected chi connectivity index (χ0v) is 14.5. The second-order valence-electron chi connectivity index (χ2n) is 4.87. The molecule has 1 aromatic carbocycles. The average molecular weight is 355 g/mol. The Labute approximate surface area is 135 Å². The maximum atomic E-state index is 11.7. The van der Waals surface area contributed by atoms with Crippen molar-refractivity contribution in [2.24, 2.45) is 5.10 Å². The van der Waals surface area contributed by atoms with E-state index < -0.39 is 0 Å². The quantitative estimate of drug-likeness (QED) is 0.561. The molecule has 1 aromatic rings. The highest BCUT2D eigenvalue weighted by Crippen LogP contribution is 2.21. The van der Waals surface area contributed by atoms with Crippen LogP contribution in [0.25, 0.3) is 0 Å². The fourth-order valence-electron chi connectivity index (χ4n) is 1.72. The second-order valence-corrected chi connectivity index (χ2v) is 5.72. The Balaban J connectivity index is 2.42. The molecule has 0 saturated carbocycles. The summed E-state index contributed by atoms with van der Waals surface area (Å²) in [5.74, 6) is 0.439. The minimum atomic E-state index is -0.238. The van der Waals surface area contributed by atoms with E-state index in [1.54, 1.807) is 0 Å². The smallest absolute Gasteiger partial charge is 0.277 e. The minimum absolute atomic E-state index is 0.0324. The fourth-order valence-corrected chi connectivity index (χ4v) is 1.97. The fraction of sp³-hybridized carbons (Fsp3) is 0.500. The van der Waals surface area contributed by atoms with Crippen LogP contribution in [-0.2, 0) is 4.79 Å². The van der Waals surface area contributed by atoms with Crippen molar-refractivity contribution in [2.45, 2.75) is 46.5 Å². The lowest BCUT2D eigenvalue weighted by molar-refractivity contribution is -0.123. The highest BCUT2D eigenvalue weighted by Gasteiger charge is 2.04. The molecule has 0 aliphatic rings. The molecule has 4 nitrogen and oxygen atoms in total. The van der Waals surface area contributed by atoms with Crippen molar-refractivity contribution < 1.29 is 9.53 Å². The molecule has 1 N–H and O–H groups in total. The Morgan fingerprint density at radius 2 is 2.14 bits per heavy atom. The highest BCUT2D eigenvalue weighted by molar-refractivity contribution is 9.10. The largest absolute Gasteiger partial charge is 0.484 e. The van der Waals surface area contributed by atoms with Gasteiger partial charge in [-0.1, -0.05) is 36.2 Å². The molecule has 116 valence electrons. The molecule has 1 amide bonds. The van der Waals surface area contributed by atoms with E-state index in [0.717, 1.165) is 41.4 Å². The van der Waals surface area contributed by atoms with E-state index in [0.29, 0.717) is 5.75 Å². The van der Waals surface area contributed by atoms with E-state index in [2.05, 4.69) is 33.4 Å². The second kappa shape index (κ2) is 9.55. The number of rotatable bonds is 8. The summed E-state index contributed by atoms with van der Waals surface area (Å²) in [5, 5.41) is 4.15.